The lowest BCUT2D eigenvalue weighted by molar-refractivity contribution is -0.132. The molecule has 0 bridgehead atoms. The summed E-state index contributed by atoms with van der Waals surface area (Å²) in [7, 11) is 0. The van der Waals surface area contributed by atoms with Gasteiger partial charge in [0.25, 0.3) is 0 Å². The van der Waals surface area contributed by atoms with Crippen molar-refractivity contribution in [2.45, 2.75) is 0 Å². The lowest BCUT2D eigenvalue weighted by Gasteiger charge is -1.85. The number of nitriles is 1. The molecule has 4 nitrogen and oxygen atoms in total. The van der Waals surface area contributed by atoms with Crippen molar-refractivity contribution in [3.05, 3.63) is 41.7 Å². The minimum absolute atomic E-state index is 0.284. The molecule has 0 aromatic carbocycles. The van der Waals surface area contributed by atoms with Gasteiger partial charge in [-0.05, 0) is 24.3 Å². The van der Waals surface area contributed by atoms with Crippen LogP contribution in [0.15, 0.2) is 36.1 Å². The molecule has 1 heterocycles. The molecule has 0 aliphatic heterocycles. The predicted molar refractivity (Wildman–Crippen MR) is 51.2 cm³/mol. The molecule has 0 atom stereocenters. The molecule has 0 aliphatic carbocycles. The van der Waals surface area contributed by atoms with E-state index >= 15 is 0 Å². The van der Waals surface area contributed by atoms with E-state index in [4.69, 9.17) is 10.4 Å². The number of carboxylic acids is 1. The molecular formula is C10H8N2O2. The topological polar surface area (TPSA) is 76.9 Å². The highest BCUT2D eigenvalue weighted by molar-refractivity contribution is 5.91. The summed E-state index contributed by atoms with van der Waals surface area (Å²) in [5, 5.41) is 16.9. The maximum atomic E-state index is 10.4. The number of rotatable bonds is 3. The summed E-state index contributed by atoms with van der Waals surface area (Å²) in [6.07, 6.45) is 6.20. The quantitative estimate of drug-likeness (QED) is 0.429. The fraction of sp³-hybridized carbons (Fsp3) is 0. The number of hydrogen-bond acceptors (Lipinski definition) is 2. The van der Waals surface area contributed by atoms with Crippen molar-refractivity contribution in [1.29, 1.82) is 5.26 Å². The van der Waals surface area contributed by atoms with Crippen molar-refractivity contribution >= 4 is 12.0 Å². The Morgan fingerprint density at radius 2 is 2.43 bits per heavy atom. The van der Waals surface area contributed by atoms with E-state index in [0.29, 0.717) is 0 Å². The zero-order chi connectivity index (χ0) is 10.4. The molecule has 0 aliphatic rings. The molecule has 0 radical (unpaired) electrons. The number of nitrogens with one attached hydrogen (secondary N) is 1. The van der Waals surface area contributed by atoms with Gasteiger partial charge < -0.3 is 10.1 Å². The zero-order valence-electron chi connectivity index (χ0n) is 7.27. The fourth-order valence-electron chi connectivity index (χ4n) is 0.852. The Labute approximate surface area is 80.8 Å². The van der Waals surface area contributed by atoms with Crippen molar-refractivity contribution in [3.8, 4) is 6.07 Å². The number of aromatic nitrogens is 1. The first-order valence-electron chi connectivity index (χ1n) is 3.89. The molecule has 1 rings (SSSR count). The molecular weight excluding hydrogens is 180 g/mol. The van der Waals surface area contributed by atoms with Crippen LogP contribution in [0.25, 0.3) is 6.08 Å². The molecule has 14 heavy (non-hydrogen) atoms. The fourth-order valence-corrected chi connectivity index (χ4v) is 0.852. The van der Waals surface area contributed by atoms with Gasteiger partial charge in [-0.25, -0.2) is 4.79 Å². The van der Waals surface area contributed by atoms with Gasteiger partial charge in [0.2, 0.25) is 0 Å². The Kier molecular flexibility index (Phi) is 3.27. The summed E-state index contributed by atoms with van der Waals surface area (Å²) >= 11 is 0. The largest absolute Gasteiger partial charge is 0.477 e. The highest BCUT2D eigenvalue weighted by atomic mass is 16.4. The normalized spacial score (nSPS) is 11.5. The average molecular weight is 188 g/mol. The van der Waals surface area contributed by atoms with E-state index in [1.54, 1.807) is 18.3 Å². The maximum Gasteiger partial charge on any atom is 0.346 e. The number of allylic oxidation sites excluding steroid dienone is 2. The SMILES string of the molecule is N#C/C(=C\C=C\c1ccc[nH]1)C(=O)O. The van der Waals surface area contributed by atoms with Crippen LogP contribution in [0, 0.1) is 11.3 Å². The van der Waals surface area contributed by atoms with Crippen LogP contribution in [0.3, 0.4) is 0 Å². The van der Waals surface area contributed by atoms with Gasteiger partial charge in [0, 0.05) is 11.9 Å². The maximum absolute atomic E-state index is 10.4. The van der Waals surface area contributed by atoms with Gasteiger partial charge in [0.1, 0.15) is 11.6 Å². The van der Waals surface area contributed by atoms with Crippen LogP contribution in [-0.4, -0.2) is 16.1 Å². The first kappa shape index (κ1) is 9.81. The number of H-pyrrole nitrogens is 1. The Balaban J connectivity index is 2.71. The third-order valence-corrected chi connectivity index (χ3v) is 1.51. The highest BCUT2D eigenvalue weighted by Crippen LogP contribution is 1.99. The standard InChI is InChI=1S/C10H8N2O2/c11-7-8(10(13)14)3-1-4-9-5-2-6-12-9/h1-6,12H,(H,13,14)/b4-1+,8-3+. The number of carboxylic acid groups (broad SMARTS) is 1. The third kappa shape index (κ3) is 2.64. The Morgan fingerprint density at radius 3 is 2.93 bits per heavy atom. The van der Waals surface area contributed by atoms with Crippen LogP contribution < -0.4 is 0 Å². The van der Waals surface area contributed by atoms with Crippen molar-refractivity contribution in [3.63, 3.8) is 0 Å². The van der Waals surface area contributed by atoms with E-state index in [1.807, 2.05) is 12.1 Å². The van der Waals surface area contributed by atoms with Gasteiger partial charge in [-0.2, -0.15) is 5.26 Å². The van der Waals surface area contributed by atoms with E-state index in [1.165, 1.54) is 12.2 Å². The van der Waals surface area contributed by atoms with Gasteiger partial charge in [0.05, 0.1) is 0 Å². The zero-order valence-corrected chi connectivity index (χ0v) is 7.27. The summed E-state index contributed by atoms with van der Waals surface area (Å²) < 4.78 is 0. The van der Waals surface area contributed by atoms with Crippen LogP contribution >= 0.6 is 0 Å². The second-order valence-corrected chi connectivity index (χ2v) is 2.48. The summed E-state index contributed by atoms with van der Waals surface area (Å²) in [6, 6.07) is 5.24. The van der Waals surface area contributed by atoms with Gasteiger partial charge in [0.15, 0.2) is 0 Å². The molecule has 0 spiro atoms. The summed E-state index contributed by atoms with van der Waals surface area (Å²) in [6.45, 7) is 0. The third-order valence-electron chi connectivity index (χ3n) is 1.51. The van der Waals surface area contributed by atoms with E-state index in [-0.39, 0.29) is 5.57 Å². The number of carbonyl (C=O) groups is 1. The Bertz CT molecular complexity index is 408. The highest BCUT2D eigenvalue weighted by Gasteiger charge is 2.02. The number of aromatic amines is 1. The molecule has 0 fully saturated rings. The molecule has 0 amide bonds. The molecule has 70 valence electrons. The molecule has 2 N–H and O–H groups in total. The lowest BCUT2D eigenvalue weighted by Crippen LogP contribution is -1.96. The van der Waals surface area contributed by atoms with E-state index in [9.17, 15) is 4.79 Å². The monoisotopic (exact) mass is 188 g/mol. The van der Waals surface area contributed by atoms with Crippen molar-refractivity contribution in [1.82, 2.24) is 4.98 Å². The first-order chi connectivity index (χ1) is 6.74. The summed E-state index contributed by atoms with van der Waals surface area (Å²) in [4.78, 5) is 13.3. The number of nitrogens with zero attached hydrogens (tertiary/aromatic N) is 1. The van der Waals surface area contributed by atoms with Crippen LogP contribution in [0.1, 0.15) is 5.69 Å². The molecule has 4 heteroatoms. The van der Waals surface area contributed by atoms with Crippen LogP contribution in [0.5, 0.6) is 0 Å². The second kappa shape index (κ2) is 4.67. The molecule has 0 saturated carbocycles. The van der Waals surface area contributed by atoms with E-state index < -0.39 is 5.97 Å². The van der Waals surface area contributed by atoms with Crippen molar-refractivity contribution < 1.29 is 9.90 Å². The van der Waals surface area contributed by atoms with Crippen LogP contribution in [-0.2, 0) is 4.79 Å². The number of aliphatic carboxylic acids is 1. The second-order valence-electron chi connectivity index (χ2n) is 2.48. The summed E-state index contributed by atoms with van der Waals surface area (Å²) in [5.74, 6) is -1.22. The van der Waals surface area contributed by atoms with Gasteiger partial charge in [-0.15, -0.1) is 0 Å². The first-order valence-corrected chi connectivity index (χ1v) is 3.89. The molecule has 0 unspecified atom stereocenters. The lowest BCUT2D eigenvalue weighted by atomic mass is 10.2. The van der Waals surface area contributed by atoms with Crippen LogP contribution in [0.4, 0.5) is 0 Å². The van der Waals surface area contributed by atoms with Gasteiger partial charge in [-0.1, -0.05) is 6.08 Å². The average Bonchev–Trinajstić information content (AvgIpc) is 2.64. The van der Waals surface area contributed by atoms with Gasteiger partial charge in [-0.3, -0.25) is 0 Å². The Hall–Kier alpha value is -2.28. The van der Waals surface area contributed by atoms with E-state index in [2.05, 4.69) is 4.98 Å². The minimum atomic E-state index is -1.22. The smallest absolute Gasteiger partial charge is 0.346 e. The summed E-state index contributed by atoms with van der Waals surface area (Å²) in [5.41, 5.74) is 0.566. The van der Waals surface area contributed by atoms with Crippen molar-refractivity contribution in [2.75, 3.05) is 0 Å². The minimum Gasteiger partial charge on any atom is -0.477 e. The number of hydrogen-bond donors (Lipinski definition) is 2. The Morgan fingerprint density at radius 1 is 1.64 bits per heavy atom. The van der Waals surface area contributed by atoms with E-state index in [0.717, 1.165) is 5.69 Å². The molecule has 1 aromatic rings. The van der Waals surface area contributed by atoms with Crippen molar-refractivity contribution in [2.24, 2.45) is 0 Å². The van der Waals surface area contributed by atoms with Crippen LogP contribution in [0.2, 0.25) is 0 Å². The van der Waals surface area contributed by atoms with Gasteiger partial charge >= 0.3 is 5.97 Å². The predicted octanol–water partition coefficient (Wildman–Crippen LogP) is 1.56. The molecule has 0 saturated heterocycles. The molecule has 1 aromatic heterocycles.